The average Bonchev–Trinajstić information content (AvgIpc) is 2.50. The van der Waals surface area contributed by atoms with Crippen LogP contribution in [0.15, 0.2) is 29.3 Å². The second-order valence-corrected chi connectivity index (χ2v) is 6.09. The number of hydrogen-bond acceptors (Lipinski definition) is 3. The highest BCUT2D eigenvalue weighted by molar-refractivity contribution is 6.02. The molecule has 3 nitrogen and oxygen atoms in total. The number of benzene rings is 1. The van der Waals surface area contributed by atoms with Gasteiger partial charge < -0.3 is 9.64 Å². The van der Waals surface area contributed by atoms with Crippen molar-refractivity contribution in [3.63, 3.8) is 0 Å². The molecule has 1 fully saturated rings. The molecule has 1 saturated heterocycles. The molecule has 0 saturated carbocycles. The molecular formula is C18H27N2O. The fourth-order valence-electron chi connectivity index (χ4n) is 3.12. The van der Waals surface area contributed by atoms with Crippen LogP contribution in [0.3, 0.4) is 0 Å². The zero-order chi connectivity index (χ0) is 15.2. The van der Waals surface area contributed by atoms with Crippen molar-refractivity contribution in [2.75, 3.05) is 33.8 Å². The molecule has 1 heterocycles. The van der Waals surface area contributed by atoms with Crippen LogP contribution in [-0.2, 0) is 0 Å². The summed E-state index contributed by atoms with van der Waals surface area (Å²) in [5.74, 6) is 2.97. The van der Waals surface area contributed by atoms with Gasteiger partial charge in [-0.15, -0.1) is 0 Å². The van der Waals surface area contributed by atoms with Crippen molar-refractivity contribution in [1.29, 1.82) is 0 Å². The van der Waals surface area contributed by atoms with Gasteiger partial charge in [-0.1, -0.05) is 13.8 Å². The van der Waals surface area contributed by atoms with E-state index < -0.39 is 0 Å². The van der Waals surface area contributed by atoms with Gasteiger partial charge in [0.25, 0.3) is 0 Å². The van der Waals surface area contributed by atoms with Crippen LogP contribution in [0.1, 0.15) is 32.3 Å². The molecule has 1 aliphatic heterocycles. The summed E-state index contributed by atoms with van der Waals surface area (Å²) in [7, 11) is 3.61. The fraction of sp³-hybridized carbons (Fsp3) is 0.556. The van der Waals surface area contributed by atoms with Crippen molar-refractivity contribution in [2.24, 2.45) is 10.9 Å². The first kappa shape index (κ1) is 16.0. The van der Waals surface area contributed by atoms with Crippen molar-refractivity contribution in [1.82, 2.24) is 4.90 Å². The minimum Gasteiger partial charge on any atom is -0.497 e. The highest BCUT2D eigenvalue weighted by atomic mass is 16.5. The molecule has 0 bridgehead atoms. The second kappa shape index (κ2) is 7.60. The minimum absolute atomic E-state index is 0.580. The number of hydrogen-bond donors (Lipinski definition) is 0. The Balaban J connectivity index is 1.99. The van der Waals surface area contributed by atoms with Gasteiger partial charge in [0.2, 0.25) is 0 Å². The summed E-state index contributed by atoms with van der Waals surface area (Å²) in [6.07, 6.45) is 2.40. The molecule has 1 aromatic rings. The highest BCUT2D eigenvalue weighted by Crippen LogP contribution is 2.24. The molecule has 0 atom stereocenters. The van der Waals surface area contributed by atoms with Crippen LogP contribution < -0.4 is 4.74 Å². The number of nitrogens with zero attached hydrogens (tertiary/aromatic N) is 2. The molecule has 0 aromatic heterocycles. The third-order valence-corrected chi connectivity index (χ3v) is 4.14. The van der Waals surface area contributed by atoms with Crippen molar-refractivity contribution < 1.29 is 4.74 Å². The van der Waals surface area contributed by atoms with Crippen LogP contribution in [0.4, 0.5) is 0 Å². The number of rotatable bonds is 5. The lowest BCUT2D eigenvalue weighted by atomic mass is 9.87. The lowest BCUT2D eigenvalue weighted by Gasteiger charge is -2.33. The summed E-state index contributed by atoms with van der Waals surface area (Å²) < 4.78 is 5.23. The molecule has 21 heavy (non-hydrogen) atoms. The Hall–Kier alpha value is -1.35. The third-order valence-electron chi connectivity index (χ3n) is 4.14. The molecule has 0 aliphatic carbocycles. The van der Waals surface area contributed by atoms with Crippen molar-refractivity contribution >= 4 is 5.71 Å². The van der Waals surface area contributed by atoms with Gasteiger partial charge in [-0.05, 0) is 61.7 Å². The quantitative estimate of drug-likeness (QED) is 0.775. The first-order chi connectivity index (χ1) is 10.1. The fourth-order valence-corrected chi connectivity index (χ4v) is 3.12. The van der Waals surface area contributed by atoms with E-state index in [1.54, 1.807) is 7.11 Å². The molecule has 3 heteroatoms. The van der Waals surface area contributed by atoms with Crippen molar-refractivity contribution in [3.05, 3.63) is 35.7 Å². The first-order valence-electron chi connectivity index (χ1n) is 7.76. The molecule has 1 aromatic carbocycles. The van der Waals surface area contributed by atoms with Gasteiger partial charge in [-0.2, -0.15) is 0 Å². The van der Waals surface area contributed by atoms with E-state index in [9.17, 15) is 0 Å². The Kier molecular flexibility index (Phi) is 5.80. The Morgan fingerprint density at radius 1 is 1.19 bits per heavy atom. The van der Waals surface area contributed by atoms with Gasteiger partial charge in [0.1, 0.15) is 5.75 Å². The molecule has 0 N–H and O–H groups in total. The second-order valence-electron chi connectivity index (χ2n) is 6.09. The Bertz CT molecular complexity index is 457. The lowest BCUT2D eigenvalue weighted by Crippen LogP contribution is -2.38. The van der Waals surface area contributed by atoms with Gasteiger partial charge in [0, 0.05) is 25.2 Å². The number of piperidine rings is 1. The summed E-state index contributed by atoms with van der Waals surface area (Å²) in [4.78, 5) is 7.12. The topological polar surface area (TPSA) is 24.8 Å². The van der Waals surface area contributed by atoms with Crippen molar-refractivity contribution in [3.8, 4) is 5.75 Å². The Morgan fingerprint density at radius 3 is 2.29 bits per heavy atom. The van der Waals surface area contributed by atoms with Crippen LogP contribution in [0.25, 0.3) is 0 Å². The zero-order valence-electron chi connectivity index (χ0n) is 13.7. The minimum atomic E-state index is 0.580. The molecule has 1 aliphatic rings. The summed E-state index contributed by atoms with van der Waals surface area (Å²) in [5, 5.41) is 0. The van der Waals surface area contributed by atoms with E-state index in [4.69, 9.17) is 4.74 Å². The molecular weight excluding hydrogens is 260 g/mol. The maximum atomic E-state index is 5.23. The maximum absolute atomic E-state index is 5.23. The zero-order valence-corrected chi connectivity index (χ0v) is 13.7. The van der Waals surface area contributed by atoms with Gasteiger partial charge in [-0.3, -0.25) is 4.99 Å². The average molecular weight is 287 g/mol. The molecule has 0 unspecified atom stereocenters. The highest BCUT2D eigenvalue weighted by Gasteiger charge is 2.24. The Labute approximate surface area is 129 Å². The first-order valence-corrected chi connectivity index (χ1v) is 7.76. The van der Waals surface area contributed by atoms with Gasteiger partial charge in [0.15, 0.2) is 0 Å². The third kappa shape index (κ3) is 4.31. The van der Waals surface area contributed by atoms with E-state index in [1.165, 1.54) is 43.1 Å². The SMILES string of the molecule is C/N=C(\c1ccc(OC)cc1)C1CCN(C[C](C)C)CC1. The van der Waals surface area contributed by atoms with Crippen LogP contribution >= 0.6 is 0 Å². The van der Waals surface area contributed by atoms with E-state index in [0.29, 0.717) is 5.92 Å². The monoisotopic (exact) mass is 287 g/mol. The van der Waals surface area contributed by atoms with E-state index >= 15 is 0 Å². The normalized spacial score (nSPS) is 18.2. The summed E-state index contributed by atoms with van der Waals surface area (Å²) in [6.45, 7) is 7.90. The summed E-state index contributed by atoms with van der Waals surface area (Å²) in [6, 6.07) is 8.28. The van der Waals surface area contributed by atoms with Crippen LogP contribution in [-0.4, -0.2) is 44.4 Å². The predicted octanol–water partition coefficient (Wildman–Crippen LogP) is 3.44. The molecule has 115 valence electrons. The standard InChI is InChI=1S/C18H27N2O/c1-14(2)13-20-11-9-16(10-12-20)18(19-3)15-5-7-17(21-4)8-6-15/h5-8,16H,9-13H2,1-4H3/b19-18+. The Morgan fingerprint density at radius 2 is 1.81 bits per heavy atom. The van der Waals surface area contributed by atoms with E-state index in [-0.39, 0.29) is 0 Å². The molecule has 1 radical (unpaired) electrons. The predicted molar refractivity (Wildman–Crippen MR) is 89.2 cm³/mol. The van der Waals surface area contributed by atoms with Crippen LogP contribution in [0, 0.1) is 11.8 Å². The van der Waals surface area contributed by atoms with Crippen LogP contribution in [0.2, 0.25) is 0 Å². The smallest absolute Gasteiger partial charge is 0.118 e. The molecule has 0 spiro atoms. The summed E-state index contributed by atoms with van der Waals surface area (Å²) in [5.41, 5.74) is 2.48. The lowest BCUT2D eigenvalue weighted by molar-refractivity contribution is 0.217. The van der Waals surface area contributed by atoms with Crippen LogP contribution in [0.5, 0.6) is 5.75 Å². The maximum Gasteiger partial charge on any atom is 0.118 e. The van der Waals surface area contributed by atoms with E-state index in [0.717, 1.165) is 12.3 Å². The van der Waals surface area contributed by atoms with Gasteiger partial charge in [0.05, 0.1) is 7.11 Å². The number of ether oxygens (including phenoxy) is 1. The van der Waals surface area contributed by atoms with Gasteiger partial charge in [-0.25, -0.2) is 0 Å². The summed E-state index contributed by atoms with van der Waals surface area (Å²) >= 11 is 0. The van der Waals surface area contributed by atoms with Gasteiger partial charge >= 0.3 is 0 Å². The molecule has 0 amide bonds. The van der Waals surface area contributed by atoms with Crippen molar-refractivity contribution in [2.45, 2.75) is 26.7 Å². The number of methoxy groups -OCH3 is 1. The van der Waals surface area contributed by atoms with E-state index in [1.807, 2.05) is 19.2 Å². The molecule has 2 rings (SSSR count). The van der Waals surface area contributed by atoms with E-state index in [2.05, 4.69) is 35.9 Å². The largest absolute Gasteiger partial charge is 0.497 e. The number of aliphatic imine (C=N–C) groups is 1. The number of likely N-dealkylation sites (tertiary alicyclic amines) is 1.